The normalized spacial score (nSPS) is 16.0. The van der Waals surface area contributed by atoms with Crippen molar-refractivity contribution in [1.29, 1.82) is 0 Å². The van der Waals surface area contributed by atoms with E-state index in [9.17, 15) is 0 Å². The summed E-state index contributed by atoms with van der Waals surface area (Å²) in [5.74, 6) is 1.74. The van der Waals surface area contributed by atoms with Crippen molar-refractivity contribution in [3.63, 3.8) is 0 Å². The molecule has 0 atom stereocenters. The summed E-state index contributed by atoms with van der Waals surface area (Å²) >= 11 is 0. The summed E-state index contributed by atoms with van der Waals surface area (Å²) in [5, 5.41) is 6.61. The van der Waals surface area contributed by atoms with Crippen molar-refractivity contribution >= 4 is 18.6 Å². The molecule has 5 heteroatoms. The standard InChI is InChI=1S/C17H21N3O.ClH/c1-15-7-8-17(21-15)13-18-20-11-9-19(10-12-20)14-16-5-3-2-4-6-16;/h2-8,13H,9-12,14H2,1H3;1H. The van der Waals surface area contributed by atoms with Gasteiger partial charge in [-0.2, -0.15) is 5.10 Å². The minimum atomic E-state index is 0. The van der Waals surface area contributed by atoms with Crippen molar-refractivity contribution in [2.24, 2.45) is 5.10 Å². The van der Waals surface area contributed by atoms with Gasteiger partial charge in [-0.05, 0) is 24.6 Å². The lowest BCUT2D eigenvalue weighted by Gasteiger charge is -2.32. The molecule has 118 valence electrons. The zero-order valence-electron chi connectivity index (χ0n) is 12.8. The summed E-state index contributed by atoms with van der Waals surface area (Å²) in [6.45, 7) is 6.98. The first-order chi connectivity index (χ1) is 10.3. The van der Waals surface area contributed by atoms with Gasteiger partial charge in [0.15, 0.2) is 0 Å². The Bertz CT molecular complexity index is 589. The number of hydrazone groups is 1. The third-order valence-electron chi connectivity index (χ3n) is 3.71. The van der Waals surface area contributed by atoms with Gasteiger partial charge in [-0.15, -0.1) is 12.4 Å². The van der Waals surface area contributed by atoms with Gasteiger partial charge in [-0.1, -0.05) is 30.3 Å². The lowest BCUT2D eigenvalue weighted by Crippen LogP contribution is -2.43. The molecule has 0 bridgehead atoms. The van der Waals surface area contributed by atoms with Crippen LogP contribution in [0, 0.1) is 6.92 Å². The summed E-state index contributed by atoms with van der Waals surface area (Å²) in [7, 11) is 0. The molecular weight excluding hydrogens is 298 g/mol. The van der Waals surface area contributed by atoms with E-state index in [1.165, 1.54) is 5.56 Å². The highest BCUT2D eigenvalue weighted by Gasteiger charge is 2.15. The fourth-order valence-electron chi connectivity index (χ4n) is 2.51. The van der Waals surface area contributed by atoms with Gasteiger partial charge in [0.05, 0.1) is 6.21 Å². The van der Waals surface area contributed by atoms with Crippen LogP contribution in [0.25, 0.3) is 0 Å². The van der Waals surface area contributed by atoms with Gasteiger partial charge in [0.25, 0.3) is 0 Å². The highest BCUT2D eigenvalue weighted by molar-refractivity contribution is 5.85. The molecular formula is C17H22ClN3O. The molecule has 0 amide bonds. The average Bonchev–Trinajstić information content (AvgIpc) is 2.93. The van der Waals surface area contributed by atoms with Crippen molar-refractivity contribution in [2.45, 2.75) is 13.5 Å². The van der Waals surface area contributed by atoms with Gasteiger partial charge < -0.3 is 4.42 Å². The molecule has 1 aliphatic rings. The lowest BCUT2D eigenvalue weighted by molar-refractivity contribution is 0.131. The number of furan rings is 1. The first-order valence-corrected chi connectivity index (χ1v) is 7.41. The van der Waals surface area contributed by atoms with Crippen molar-refractivity contribution in [3.05, 3.63) is 59.5 Å². The maximum Gasteiger partial charge on any atom is 0.147 e. The monoisotopic (exact) mass is 319 g/mol. The van der Waals surface area contributed by atoms with Crippen LogP contribution in [0.5, 0.6) is 0 Å². The highest BCUT2D eigenvalue weighted by atomic mass is 35.5. The van der Waals surface area contributed by atoms with Gasteiger partial charge >= 0.3 is 0 Å². The number of piperazine rings is 1. The first-order valence-electron chi connectivity index (χ1n) is 7.41. The molecule has 0 unspecified atom stereocenters. The van der Waals surface area contributed by atoms with Crippen LogP contribution >= 0.6 is 12.4 Å². The molecule has 1 fully saturated rings. The van der Waals surface area contributed by atoms with E-state index in [1.54, 1.807) is 6.21 Å². The topological polar surface area (TPSA) is 32.0 Å². The van der Waals surface area contributed by atoms with E-state index in [0.29, 0.717) is 0 Å². The van der Waals surface area contributed by atoms with E-state index in [2.05, 4.69) is 45.3 Å². The van der Waals surface area contributed by atoms with Crippen LogP contribution in [0.2, 0.25) is 0 Å². The lowest BCUT2D eigenvalue weighted by atomic mass is 10.2. The molecule has 1 aromatic carbocycles. The summed E-state index contributed by atoms with van der Waals surface area (Å²) in [5.41, 5.74) is 1.38. The third-order valence-corrected chi connectivity index (χ3v) is 3.71. The van der Waals surface area contributed by atoms with Gasteiger partial charge in [0, 0.05) is 32.7 Å². The Balaban J connectivity index is 0.00000176. The third kappa shape index (κ3) is 4.61. The van der Waals surface area contributed by atoms with Crippen LogP contribution in [-0.4, -0.2) is 42.3 Å². The quantitative estimate of drug-likeness (QED) is 0.811. The molecule has 22 heavy (non-hydrogen) atoms. The average molecular weight is 320 g/mol. The Labute approximate surface area is 137 Å². The minimum Gasteiger partial charge on any atom is -0.460 e. The fourth-order valence-corrected chi connectivity index (χ4v) is 2.51. The van der Waals surface area contributed by atoms with E-state index in [4.69, 9.17) is 4.42 Å². The van der Waals surface area contributed by atoms with Gasteiger partial charge in [-0.3, -0.25) is 9.91 Å². The zero-order chi connectivity index (χ0) is 14.5. The van der Waals surface area contributed by atoms with Gasteiger partial charge in [0.1, 0.15) is 11.5 Å². The zero-order valence-corrected chi connectivity index (χ0v) is 13.6. The smallest absolute Gasteiger partial charge is 0.147 e. The minimum absolute atomic E-state index is 0. The van der Waals surface area contributed by atoms with Crippen LogP contribution in [0.3, 0.4) is 0 Å². The Hall–Kier alpha value is -1.78. The number of nitrogens with zero attached hydrogens (tertiary/aromatic N) is 3. The van der Waals surface area contributed by atoms with Crippen LogP contribution in [-0.2, 0) is 6.54 Å². The van der Waals surface area contributed by atoms with Gasteiger partial charge in [0.2, 0.25) is 0 Å². The fraction of sp³-hybridized carbons (Fsp3) is 0.353. The van der Waals surface area contributed by atoms with Crippen molar-refractivity contribution in [2.75, 3.05) is 26.2 Å². The molecule has 1 aliphatic heterocycles. The second-order valence-corrected chi connectivity index (χ2v) is 5.41. The van der Waals surface area contributed by atoms with Crippen LogP contribution in [0.15, 0.2) is 52.0 Å². The predicted molar refractivity (Wildman–Crippen MR) is 91.6 cm³/mol. The Morgan fingerprint density at radius 1 is 1.05 bits per heavy atom. The summed E-state index contributed by atoms with van der Waals surface area (Å²) in [6, 6.07) is 14.5. The van der Waals surface area contributed by atoms with Crippen molar-refractivity contribution < 1.29 is 4.42 Å². The molecule has 4 nitrogen and oxygen atoms in total. The maximum atomic E-state index is 5.49. The Morgan fingerprint density at radius 3 is 2.41 bits per heavy atom. The number of hydrogen-bond acceptors (Lipinski definition) is 4. The molecule has 0 N–H and O–H groups in total. The number of halogens is 1. The van der Waals surface area contributed by atoms with Crippen molar-refractivity contribution in [1.82, 2.24) is 9.91 Å². The SMILES string of the molecule is Cc1ccc(C=NN2CCN(Cc3ccccc3)CC2)o1.Cl. The predicted octanol–water partition coefficient (Wildman–Crippen LogP) is 3.16. The molecule has 0 radical (unpaired) electrons. The molecule has 0 spiro atoms. The molecule has 2 aromatic rings. The second-order valence-electron chi connectivity index (χ2n) is 5.41. The Morgan fingerprint density at radius 2 is 1.77 bits per heavy atom. The van der Waals surface area contributed by atoms with Gasteiger partial charge in [-0.25, -0.2) is 0 Å². The number of benzene rings is 1. The number of rotatable bonds is 4. The molecule has 0 aliphatic carbocycles. The van der Waals surface area contributed by atoms with E-state index in [-0.39, 0.29) is 12.4 Å². The molecule has 1 saturated heterocycles. The van der Waals surface area contributed by atoms with E-state index >= 15 is 0 Å². The molecule has 2 heterocycles. The molecule has 1 aromatic heterocycles. The summed E-state index contributed by atoms with van der Waals surface area (Å²) < 4.78 is 5.49. The van der Waals surface area contributed by atoms with E-state index < -0.39 is 0 Å². The van der Waals surface area contributed by atoms with Crippen LogP contribution in [0.4, 0.5) is 0 Å². The summed E-state index contributed by atoms with van der Waals surface area (Å²) in [6.07, 6.45) is 1.81. The summed E-state index contributed by atoms with van der Waals surface area (Å²) in [4.78, 5) is 2.47. The maximum absolute atomic E-state index is 5.49. The highest BCUT2D eigenvalue weighted by Crippen LogP contribution is 2.09. The Kier molecular flexibility index (Phi) is 6.04. The second kappa shape index (κ2) is 8.01. The number of aryl methyl sites for hydroxylation is 1. The van der Waals surface area contributed by atoms with Crippen LogP contribution in [0.1, 0.15) is 17.1 Å². The van der Waals surface area contributed by atoms with Crippen molar-refractivity contribution in [3.8, 4) is 0 Å². The molecule has 0 saturated carbocycles. The van der Waals surface area contributed by atoms with Crippen LogP contribution < -0.4 is 0 Å². The number of hydrogen-bond donors (Lipinski definition) is 0. The first kappa shape index (κ1) is 16.6. The van der Waals surface area contributed by atoms with E-state index in [0.717, 1.165) is 44.2 Å². The largest absolute Gasteiger partial charge is 0.460 e. The molecule has 3 rings (SSSR count). The van der Waals surface area contributed by atoms with E-state index in [1.807, 2.05) is 19.1 Å².